The van der Waals surface area contributed by atoms with Crippen LogP contribution in [0.3, 0.4) is 0 Å². The van der Waals surface area contributed by atoms with Gasteiger partial charge in [-0.1, -0.05) is 0 Å². The monoisotopic (exact) mass is 202 g/mol. The van der Waals surface area contributed by atoms with Gasteiger partial charge in [-0.15, -0.1) is 0 Å². The molecule has 3 nitrogen and oxygen atoms in total. The summed E-state index contributed by atoms with van der Waals surface area (Å²) in [5, 5.41) is 1.08. The molecule has 4 N–H and O–H groups in total. The Morgan fingerprint density at radius 1 is 1.07 bits per heavy atom. The minimum atomic E-state index is 0.672. The summed E-state index contributed by atoms with van der Waals surface area (Å²) in [5.41, 5.74) is 15.3. The summed E-state index contributed by atoms with van der Waals surface area (Å²) in [7, 11) is 0. The van der Waals surface area contributed by atoms with E-state index in [0.717, 1.165) is 35.3 Å². The normalized spacial score (nSPS) is 15.5. The van der Waals surface area contributed by atoms with E-state index in [1.807, 2.05) is 12.1 Å². The van der Waals surface area contributed by atoms with Crippen molar-refractivity contribution in [3.8, 4) is 0 Å². The molecule has 1 aliphatic rings. The number of furan rings is 1. The molecule has 0 saturated carbocycles. The lowest BCUT2D eigenvalue weighted by Crippen LogP contribution is -1.99. The molecule has 1 aromatic heterocycles. The van der Waals surface area contributed by atoms with Crippen molar-refractivity contribution in [3.63, 3.8) is 0 Å². The lowest BCUT2D eigenvalue weighted by Gasteiger charge is -2.09. The molecule has 3 heteroatoms. The Morgan fingerprint density at radius 2 is 1.87 bits per heavy atom. The van der Waals surface area contributed by atoms with Crippen LogP contribution in [0.5, 0.6) is 0 Å². The zero-order valence-electron chi connectivity index (χ0n) is 8.55. The molecule has 0 fully saturated rings. The highest BCUT2D eigenvalue weighted by Gasteiger charge is 2.19. The van der Waals surface area contributed by atoms with Gasteiger partial charge in [0.15, 0.2) is 0 Å². The maximum Gasteiger partial charge on any atom is 0.138 e. The van der Waals surface area contributed by atoms with E-state index >= 15 is 0 Å². The second-order valence-corrected chi connectivity index (χ2v) is 4.19. The van der Waals surface area contributed by atoms with E-state index in [4.69, 9.17) is 15.9 Å². The predicted octanol–water partition coefficient (Wildman–Crippen LogP) is 2.48. The van der Waals surface area contributed by atoms with Gasteiger partial charge in [0.2, 0.25) is 0 Å². The van der Waals surface area contributed by atoms with E-state index in [1.54, 1.807) is 0 Å². The Labute approximate surface area is 88.0 Å². The molecular formula is C12H14N2O. The smallest absolute Gasteiger partial charge is 0.138 e. The predicted molar refractivity (Wildman–Crippen MR) is 61.7 cm³/mol. The van der Waals surface area contributed by atoms with E-state index in [0.29, 0.717) is 5.69 Å². The summed E-state index contributed by atoms with van der Waals surface area (Å²) < 4.78 is 5.79. The molecule has 0 aliphatic heterocycles. The number of aryl methyl sites for hydroxylation is 2. The van der Waals surface area contributed by atoms with Crippen molar-refractivity contribution in [3.05, 3.63) is 23.5 Å². The number of fused-ring (bicyclic) bond motifs is 3. The Hall–Kier alpha value is -1.64. The average molecular weight is 202 g/mol. The Balaban J connectivity index is 2.37. The van der Waals surface area contributed by atoms with Crippen LogP contribution in [0.1, 0.15) is 24.2 Å². The first-order chi connectivity index (χ1) is 7.25. The summed E-state index contributed by atoms with van der Waals surface area (Å²) in [5.74, 6) is 1.11. The van der Waals surface area contributed by atoms with Gasteiger partial charge in [-0.3, -0.25) is 0 Å². The van der Waals surface area contributed by atoms with Crippen LogP contribution in [0.4, 0.5) is 11.4 Å². The molecule has 78 valence electrons. The number of hydrogen-bond donors (Lipinski definition) is 2. The summed E-state index contributed by atoms with van der Waals surface area (Å²) >= 11 is 0. The van der Waals surface area contributed by atoms with Crippen LogP contribution >= 0.6 is 0 Å². The summed E-state index contributed by atoms with van der Waals surface area (Å²) in [6.45, 7) is 0. The first-order valence-electron chi connectivity index (χ1n) is 5.35. The largest absolute Gasteiger partial charge is 0.461 e. The van der Waals surface area contributed by atoms with Gasteiger partial charge in [-0.2, -0.15) is 0 Å². The Kier molecular flexibility index (Phi) is 1.69. The SMILES string of the molecule is Nc1cc(N)c2c3c(oc2c1)CCCC3. The molecule has 1 heterocycles. The van der Waals surface area contributed by atoms with Crippen LogP contribution in [0.15, 0.2) is 16.5 Å². The summed E-state index contributed by atoms with van der Waals surface area (Å²) in [6, 6.07) is 3.68. The van der Waals surface area contributed by atoms with Gasteiger partial charge in [0.1, 0.15) is 11.3 Å². The van der Waals surface area contributed by atoms with Crippen molar-refractivity contribution in [2.75, 3.05) is 11.5 Å². The Morgan fingerprint density at radius 3 is 2.73 bits per heavy atom. The first kappa shape index (κ1) is 8.65. The molecule has 0 unspecified atom stereocenters. The first-order valence-corrected chi connectivity index (χ1v) is 5.35. The van der Waals surface area contributed by atoms with Crippen molar-refractivity contribution in [1.29, 1.82) is 0 Å². The fraction of sp³-hybridized carbons (Fsp3) is 0.333. The van der Waals surface area contributed by atoms with Crippen LogP contribution < -0.4 is 11.5 Å². The van der Waals surface area contributed by atoms with Gasteiger partial charge >= 0.3 is 0 Å². The number of nitrogens with two attached hydrogens (primary N) is 2. The fourth-order valence-electron chi connectivity index (χ4n) is 2.45. The van der Waals surface area contributed by atoms with E-state index in [9.17, 15) is 0 Å². The zero-order chi connectivity index (χ0) is 10.4. The Bertz CT molecular complexity index is 528. The number of hydrogen-bond acceptors (Lipinski definition) is 3. The lowest BCUT2D eigenvalue weighted by molar-refractivity contribution is 0.506. The number of nitrogen functional groups attached to an aromatic ring is 2. The standard InChI is InChI=1S/C12H14N2O/c13-7-5-9(14)12-8-3-1-2-4-10(8)15-11(12)6-7/h5-6H,1-4,13-14H2. The topological polar surface area (TPSA) is 65.2 Å². The van der Waals surface area contributed by atoms with Crippen LogP contribution in [0.25, 0.3) is 11.0 Å². The minimum absolute atomic E-state index is 0.672. The van der Waals surface area contributed by atoms with E-state index in [2.05, 4.69) is 0 Å². The molecule has 0 radical (unpaired) electrons. The van der Waals surface area contributed by atoms with Crippen LogP contribution in [0, 0.1) is 0 Å². The van der Waals surface area contributed by atoms with Crippen molar-refractivity contribution in [2.45, 2.75) is 25.7 Å². The van der Waals surface area contributed by atoms with Crippen molar-refractivity contribution in [2.24, 2.45) is 0 Å². The van der Waals surface area contributed by atoms with E-state index in [-0.39, 0.29) is 0 Å². The van der Waals surface area contributed by atoms with Crippen LogP contribution in [-0.4, -0.2) is 0 Å². The molecule has 0 saturated heterocycles. The van der Waals surface area contributed by atoms with E-state index < -0.39 is 0 Å². The average Bonchev–Trinajstić information content (AvgIpc) is 2.54. The quantitative estimate of drug-likeness (QED) is 0.645. The third kappa shape index (κ3) is 1.19. The zero-order valence-corrected chi connectivity index (χ0v) is 8.55. The van der Waals surface area contributed by atoms with E-state index in [1.165, 1.54) is 18.4 Å². The molecule has 0 spiro atoms. The molecule has 1 aliphatic carbocycles. The lowest BCUT2D eigenvalue weighted by atomic mass is 9.95. The van der Waals surface area contributed by atoms with Gasteiger partial charge in [-0.25, -0.2) is 0 Å². The highest BCUT2D eigenvalue weighted by atomic mass is 16.3. The van der Waals surface area contributed by atoms with Gasteiger partial charge in [0.25, 0.3) is 0 Å². The molecule has 0 bridgehead atoms. The van der Waals surface area contributed by atoms with Crippen molar-refractivity contribution in [1.82, 2.24) is 0 Å². The third-order valence-electron chi connectivity index (χ3n) is 3.11. The highest BCUT2D eigenvalue weighted by Crippen LogP contribution is 2.36. The maximum atomic E-state index is 5.99. The van der Waals surface area contributed by atoms with Crippen molar-refractivity contribution >= 4 is 22.3 Å². The van der Waals surface area contributed by atoms with Gasteiger partial charge in [0, 0.05) is 34.8 Å². The van der Waals surface area contributed by atoms with Gasteiger partial charge in [-0.05, 0) is 25.3 Å². The number of benzene rings is 1. The van der Waals surface area contributed by atoms with Crippen LogP contribution in [-0.2, 0) is 12.8 Å². The second-order valence-electron chi connectivity index (χ2n) is 4.19. The molecular weight excluding hydrogens is 188 g/mol. The molecule has 1 aromatic carbocycles. The fourth-order valence-corrected chi connectivity index (χ4v) is 2.45. The summed E-state index contributed by atoms with van der Waals surface area (Å²) in [4.78, 5) is 0. The highest BCUT2D eigenvalue weighted by molar-refractivity contribution is 5.95. The second kappa shape index (κ2) is 2.92. The van der Waals surface area contributed by atoms with Crippen molar-refractivity contribution < 1.29 is 4.42 Å². The van der Waals surface area contributed by atoms with Gasteiger partial charge < -0.3 is 15.9 Å². The minimum Gasteiger partial charge on any atom is -0.461 e. The molecule has 2 aromatic rings. The van der Waals surface area contributed by atoms with Crippen LogP contribution in [0.2, 0.25) is 0 Å². The number of anilines is 2. The maximum absolute atomic E-state index is 5.99. The number of rotatable bonds is 0. The molecule has 0 atom stereocenters. The molecule has 0 amide bonds. The third-order valence-corrected chi connectivity index (χ3v) is 3.11. The summed E-state index contributed by atoms with van der Waals surface area (Å²) in [6.07, 6.45) is 4.55. The molecule has 15 heavy (non-hydrogen) atoms. The molecule has 3 rings (SSSR count). The van der Waals surface area contributed by atoms with Gasteiger partial charge in [0.05, 0.1) is 0 Å².